The number of hydrogen-bond donors (Lipinski definition) is 0. The van der Waals surface area contributed by atoms with Crippen LogP contribution in [0.5, 0.6) is 0 Å². The molecule has 0 amide bonds. The lowest BCUT2D eigenvalue weighted by molar-refractivity contribution is 0.191. The molecule has 7 atom stereocenters. The maximum absolute atomic E-state index is 2.78. The van der Waals surface area contributed by atoms with Gasteiger partial charge < -0.3 is 0 Å². The molecule has 2 saturated heterocycles. The fraction of sp³-hybridized carbons (Fsp3) is 1.00. The zero-order valence-corrected chi connectivity index (χ0v) is 10.1. The molecule has 3 aliphatic rings. The van der Waals surface area contributed by atoms with Gasteiger partial charge in [-0.05, 0) is 50.9 Å². The van der Waals surface area contributed by atoms with Crippen molar-refractivity contribution in [3.63, 3.8) is 0 Å². The lowest BCUT2D eigenvalue weighted by Gasteiger charge is -2.29. The second-order valence-corrected chi connectivity index (χ2v) is 6.53. The van der Waals surface area contributed by atoms with Crippen molar-refractivity contribution < 1.29 is 0 Å². The van der Waals surface area contributed by atoms with Gasteiger partial charge >= 0.3 is 0 Å². The van der Waals surface area contributed by atoms with E-state index in [1.165, 1.54) is 6.42 Å². The Labute approximate surface area is 87.9 Å². The summed E-state index contributed by atoms with van der Waals surface area (Å²) < 4.78 is 0. The van der Waals surface area contributed by atoms with E-state index in [1.807, 2.05) is 0 Å². The van der Waals surface area contributed by atoms with E-state index in [1.54, 1.807) is 0 Å². The van der Waals surface area contributed by atoms with E-state index in [-0.39, 0.29) is 0 Å². The molecule has 0 aromatic rings. The molecule has 7 unspecified atom stereocenters. The van der Waals surface area contributed by atoms with E-state index < -0.39 is 0 Å². The highest BCUT2D eigenvalue weighted by atomic mass is 15.4. The standard InChI is InChI=1S/C13H23N/c1-7-8(2)11-6-10(7)9(3)14-12(11)13(14,4)5/h7-12H,6H2,1-5H3. The number of hydrogen-bond acceptors (Lipinski definition) is 1. The SMILES string of the molecule is CC1C(C)C2CC1C(C)N1C2C1(C)C. The highest BCUT2D eigenvalue weighted by molar-refractivity contribution is 5.22. The first kappa shape index (κ1) is 9.21. The van der Waals surface area contributed by atoms with Crippen molar-refractivity contribution in [3.8, 4) is 0 Å². The average molecular weight is 193 g/mol. The molecule has 1 nitrogen and oxygen atoms in total. The lowest BCUT2D eigenvalue weighted by atomic mass is 9.86. The normalized spacial score (nSPS) is 63.6. The summed E-state index contributed by atoms with van der Waals surface area (Å²) in [7, 11) is 0. The maximum atomic E-state index is 2.78. The van der Waals surface area contributed by atoms with E-state index in [0.29, 0.717) is 5.54 Å². The highest BCUT2D eigenvalue weighted by Gasteiger charge is 2.68. The molecule has 2 heterocycles. The van der Waals surface area contributed by atoms with Crippen LogP contribution in [0, 0.1) is 23.7 Å². The molecule has 0 N–H and O–H groups in total. The first-order valence-electron chi connectivity index (χ1n) is 6.24. The third-order valence-electron chi connectivity index (χ3n) is 5.81. The van der Waals surface area contributed by atoms with Crippen LogP contribution in [-0.4, -0.2) is 22.5 Å². The summed E-state index contributed by atoms with van der Waals surface area (Å²) in [5.74, 6) is 3.90. The van der Waals surface area contributed by atoms with E-state index in [2.05, 4.69) is 39.5 Å². The number of fused-ring (bicyclic) bond motifs is 4. The largest absolute Gasteiger partial charge is 0.289 e. The summed E-state index contributed by atoms with van der Waals surface area (Å²) in [6.07, 6.45) is 1.51. The second kappa shape index (κ2) is 2.37. The number of piperidine rings is 1. The van der Waals surface area contributed by atoms with E-state index in [0.717, 1.165) is 35.8 Å². The molecule has 3 fully saturated rings. The second-order valence-electron chi connectivity index (χ2n) is 6.53. The molecule has 3 rings (SSSR count). The van der Waals surface area contributed by atoms with Crippen LogP contribution >= 0.6 is 0 Å². The van der Waals surface area contributed by atoms with Gasteiger partial charge in [0.15, 0.2) is 0 Å². The molecular formula is C13H23N. The first-order chi connectivity index (χ1) is 6.46. The Kier molecular flexibility index (Phi) is 1.56. The van der Waals surface area contributed by atoms with Crippen molar-refractivity contribution in [1.29, 1.82) is 0 Å². The Morgan fingerprint density at radius 3 is 2.21 bits per heavy atom. The smallest absolute Gasteiger partial charge is 0.0318 e. The van der Waals surface area contributed by atoms with Crippen molar-refractivity contribution in [2.75, 3.05) is 0 Å². The minimum absolute atomic E-state index is 0.521. The van der Waals surface area contributed by atoms with Crippen LogP contribution < -0.4 is 0 Å². The summed E-state index contributed by atoms with van der Waals surface area (Å²) >= 11 is 0. The zero-order valence-electron chi connectivity index (χ0n) is 10.1. The summed E-state index contributed by atoms with van der Waals surface area (Å²) in [6.45, 7) is 12.3. The minimum Gasteiger partial charge on any atom is -0.289 e. The van der Waals surface area contributed by atoms with Crippen LogP contribution in [0.2, 0.25) is 0 Å². The number of nitrogens with zero attached hydrogens (tertiary/aromatic N) is 1. The Bertz CT molecular complexity index is 268. The van der Waals surface area contributed by atoms with Gasteiger partial charge in [-0.2, -0.15) is 0 Å². The maximum Gasteiger partial charge on any atom is 0.0318 e. The topological polar surface area (TPSA) is 3.01 Å². The Hall–Kier alpha value is -0.0400. The van der Waals surface area contributed by atoms with Gasteiger partial charge in [-0.25, -0.2) is 0 Å². The van der Waals surface area contributed by atoms with Gasteiger partial charge in [-0.15, -0.1) is 0 Å². The first-order valence-corrected chi connectivity index (χ1v) is 6.24. The van der Waals surface area contributed by atoms with Gasteiger partial charge in [0.05, 0.1) is 0 Å². The van der Waals surface area contributed by atoms with Gasteiger partial charge in [-0.3, -0.25) is 4.90 Å². The number of rotatable bonds is 0. The van der Waals surface area contributed by atoms with Crippen LogP contribution in [0.1, 0.15) is 41.0 Å². The van der Waals surface area contributed by atoms with Crippen molar-refractivity contribution in [2.24, 2.45) is 23.7 Å². The third-order valence-corrected chi connectivity index (χ3v) is 5.81. The van der Waals surface area contributed by atoms with Crippen LogP contribution in [-0.2, 0) is 0 Å². The monoisotopic (exact) mass is 193 g/mol. The van der Waals surface area contributed by atoms with E-state index >= 15 is 0 Å². The van der Waals surface area contributed by atoms with Gasteiger partial charge in [0.1, 0.15) is 0 Å². The van der Waals surface area contributed by atoms with Crippen molar-refractivity contribution >= 4 is 0 Å². The average Bonchev–Trinajstić information content (AvgIpc) is 2.60. The Morgan fingerprint density at radius 2 is 1.57 bits per heavy atom. The van der Waals surface area contributed by atoms with Crippen LogP contribution in [0.15, 0.2) is 0 Å². The molecule has 80 valence electrons. The molecule has 1 heteroatoms. The fourth-order valence-corrected chi connectivity index (χ4v) is 4.84. The van der Waals surface area contributed by atoms with Gasteiger partial charge in [0.25, 0.3) is 0 Å². The van der Waals surface area contributed by atoms with Crippen molar-refractivity contribution in [2.45, 2.75) is 58.7 Å². The summed E-state index contributed by atoms with van der Waals surface area (Å²) in [5.41, 5.74) is 0.521. The van der Waals surface area contributed by atoms with Crippen molar-refractivity contribution in [1.82, 2.24) is 4.90 Å². The molecule has 0 aromatic heterocycles. The molecular weight excluding hydrogens is 170 g/mol. The predicted octanol–water partition coefficient (Wildman–Crippen LogP) is 2.76. The van der Waals surface area contributed by atoms with Gasteiger partial charge in [0, 0.05) is 17.6 Å². The van der Waals surface area contributed by atoms with Crippen LogP contribution in [0.4, 0.5) is 0 Å². The van der Waals surface area contributed by atoms with Gasteiger partial charge in [0.2, 0.25) is 0 Å². The van der Waals surface area contributed by atoms with Crippen LogP contribution in [0.3, 0.4) is 0 Å². The van der Waals surface area contributed by atoms with Crippen LogP contribution in [0.25, 0.3) is 0 Å². The molecule has 0 aromatic carbocycles. The fourth-order valence-electron chi connectivity index (χ4n) is 4.84. The quantitative estimate of drug-likeness (QED) is 0.535. The van der Waals surface area contributed by atoms with E-state index in [4.69, 9.17) is 0 Å². The minimum atomic E-state index is 0.521. The molecule has 1 aliphatic carbocycles. The summed E-state index contributed by atoms with van der Waals surface area (Å²) in [6, 6.07) is 1.75. The molecule has 14 heavy (non-hydrogen) atoms. The molecule has 2 aliphatic heterocycles. The van der Waals surface area contributed by atoms with Crippen molar-refractivity contribution in [3.05, 3.63) is 0 Å². The van der Waals surface area contributed by atoms with Gasteiger partial charge in [-0.1, -0.05) is 13.8 Å². The molecule has 1 saturated carbocycles. The summed E-state index contributed by atoms with van der Waals surface area (Å²) in [4.78, 5) is 2.78. The summed E-state index contributed by atoms with van der Waals surface area (Å²) in [5, 5.41) is 0. The molecule has 2 bridgehead atoms. The highest BCUT2D eigenvalue weighted by Crippen LogP contribution is 2.62. The Balaban J connectivity index is 1.96. The lowest BCUT2D eigenvalue weighted by Crippen LogP contribution is -2.33. The Morgan fingerprint density at radius 1 is 1.00 bits per heavy atom. The molecule has 0 radical (unpaired) electrons. The molecule has 0 spiro atoms. The predicted molar refractivity (Wildman–Crippen MR) is 59.1 cm³/mol. The zero-order chi connectivity index (χ0) is 10.2. The van der Waals surface area contributed by atoms with E-state index in [9.17, 15) is 0 Å². The third kappa shape index (κ3) is 0.816.